The lowest BCUT2D eigenvalue weighted by molar-refractivity contribution is 0.0964. The van der Waals surface area contributed by atoms with Crippen molar-refractivity contribution in [2.45, 2.75) is 0 Å². The lowest BCUT2D eigenvalue weighted by Crippen LogP contribution is -2.17. The summed E-state index contributed by atoms with van der Waals surface area (Å²) in [6.07, 6.45) is 1.40. The second kappa shape index (κ2) is 5.69. The monoisotopic (exact) mass is 293 g/mol. The Morgan fingerprint density at radius 2 is 1.95 bits per heavy atom. The molecule has 0 radical (unpaired) electrons. The molecule has 2 heterocycles. The number of nitrogen functional groups attached to an aromatic ring is 1. The van der Waals surface area contributed by atoms with E-state index in [1.54, 1.807) is 19.2 Å². The summed E-state index contributed by atoms with van der Waals surface area (Å²) in [5.74, 6) is 0.214. The first-order valence-corrected chi connectivity index (χ1v) is 6.77. The molecule has 2 aromatic heterocycles. The number of hydrogen-bond acceptors (Lipinski definition) is 4. The molecule has 3 aromatic rings. The number of nitrogens with one attached hydrogen (secondary N) is 2. The Balaban J connectivity index is 2.15. The summed E-state index contributed by atoms with van der Waals surface area (Å²) in [6.45, 7) is 0. The maximum atomic E-state index is 12.1. The number of hydrogen-bond donors (Lipinski definition) is 3. The molecule has 0 aliphatic heterocycles. The van der Waals surface area contributed by atoms with Gasteiger partial charge in [-0.1, -0.05) is 30.3 Å². The van der Waals surface area contributed by atoms with Gasteiger partial charge in [-0.3, -0.25) is 4.79 Å². The fourth-order valence-corrected chi connectivity index (χ4v) is 2.26. The topological polar surface area (TPSA) is 96.7 Å². The number of nitrogens with two attached hydrogens (primary N) is 1. The molecule has 0 unspecified atom stereocenters. The Morgan fingerprint density at radius 1 is 1.18 bits per heavy atom. The number of benzene rings is 1. The van der Waals surface area contributed by atoms with Crippen molar-refractivity contribution in [3.05, 3.63) is 54.4 Å². The van der Waals surface area contributed by atoms with Gasteiger partial charge in [0.15, 0.2) is 0 Å². The van der Waals surface area contributed by atoms with Crippen molar-refractivity contribution in [2.24, 2.45) is 0 Å². The number of rotatable bonds is 3. The molecule has 6 nitrogen and oxygen atoms in total. The van der Waals surface area contributed by atoms with Gasteiger partial charge >= 0.3 is 0 Å². The summed E-state index contributed by atoms with van der Waals surface area (Å²) in [7, 11) is 1.60. The molecule has 0 saturated carbocycles. The molecule has 0 bridgehead atoms. The van der Waals surface area contributed by atoms with Crippen LogP contribution in [0.15, 0.2) is 48.8 Å². The quantitative estimate of drug-likeness (QED) is 0.688. The number of aromatic amines is 1. The molecule has 0 aliphatic carbocycles. The molecule has 3 rings (SSSR count). The first-order chi connectivity index (χ1) is 10.7. The minimum atomic E-state index is -0.164. The predicted octanol–water partition coefficient (Wildman–Crippen LogP) is 2.08. The molecule has 4 N–H and O–H groups in total. The number of anilines is 1. The van der Waals surface area contributed by atoms with Crippen LogP contribution in [0.5, 0.6) is 0 Å². The third-order valence-electron chi connectivity index (χ3n) is 3.32. The predicted molar refractivity (Wildman–Crippen MR) is 85.1 cm³/mol. The smallest absolute Gasteiger partial charge is 0.253 e. The second-order valence-electron chi connectivity index (χ2n) is 4.74. The number of nitrogens with zero attached hydrogens (tertiary/aromatic N) is 2. The Hall–Kier alpha value is -3.15. The molecule has 0 atom stereocenters. The highest BCUT2D eigenvalue weighted by atomic mass is 16.1. The van der Waals surface area contributed by atoms with Crippen LogP contribution in [0.25, 0.3) is 22.6 Å². The molecular weight excluding hydrogens is 278 g/mol. The minimum absolute atomic E-state index is 0.164. The average Bonchev–Trinajstić information content (AvgIpc) is 3.00. The van der Waals surface area contributed by atoms with Crippen molar-refractivity contribution >= 4 is 11.7 Å². The molecule has 0 fully saturated rings. The van der Waals surface area contributed by atoms with Crippen LogP contribution in [0.3, 0.4) is 0 Å². The molecular formula is C16H15N5O. The zero-order chi connectivity index (χ0) is 15.5. The van der Waals surface area contributed by atoms with Crippen molar-refractivity contribution < 1.29 is 4.79 Å². The van der Waals surface area contributed by atoms with Crippen LogP contribution in [0.4, 0.5) is 5.82 Å². The molecule has 22 heavy (non-hydrogen) atoms. The average molecular weight is 293 g/mol. The summed E-state index contributed by atoms with van der Waals surface area (Å²) in [4.78, 5) is 23.4. The van der Waals surface area contributed by atoms with E-state index in [1.165, 1.54) is 6.33 Å². The third kappa shape index (κ3) is 2.54. The van der Waals surface area contributed by atoms with Gasteiger partial charge in [0.1, 0.15) is 12.1 Å². The maximum Gasteiger partial charge on any atom is 0.253 e. The van der Waals surface area contributed by atoms with Gasteiger partial charge in [0.05, 0.1) is 22.6 Å². The van der Waals surface area contributed by atoms with E-state index in [9.17, 15) is 4.79 Å². The van der Waals surface area contributed by atoms with Crippen LogP contribution < -0.4 is 11.1 Å². The fraction of sp³-hybridized carbons (Fsp3) is 0.0625. The van der Waals surface area contributed by atoms with Crippen molar-refractivity contribution in [1.29, 1.82) is 0 Å². The summed E-state index contributed by atoms with van der Waals surface area (Å²) >= 11 is 0. The molecule has 1 aromatic carbocycles. The van der Waals surface area contributed by atoms with E-state index in [1.807, 2.05) is 30.3 Å². The van der Waals surface area contributed by atoms with Crippen LogP contribution >= 0.6 is 0 Å². The summed E-state index contributed by atoms with van der Waals surface area (Å²) in [5.41, 5.74) is 9.27. The Morgan fingerprint density at radius 3 is 2.64 bits per heavy atom. The van der Waals surface area contributed by atoms with E-state index >= 15 is 0 Å². The third-order valence-corrected chi connectivity index (χ3v) is 3.32. The normalized spacial score (nSPS) is 10.4. The summed E-state index contributed by atoms with van der Waals surface area (Å²) in [5, 5.41) is 2.65. The Labute approximate surface area is 127 Å². The van der Waals surface area contributed by atoms with E-state index in [2.05, 4.69) is 20.3 Å². The van der Waals surface area contributed by atoms with Crippen molar-refractivity contribution in [3.8, 4) is 22.6 Å². The molecule has 1 amide bonds. The van der Waals surface area contributed by atoms with Crippen molar-refractivity contribution in [2.75, 3.05) is 12.8 Å². The van der Waals surface area contributed by atoms with Crippen LogP contribution in [-0.2, 0) is 0 Å². The molecule has 110 valence electrons. The Bertz CT molecular complexity index is 810. The number of aromatic nitrogens is 3. The van der Waals surface area contributed by atoms with Gasteiger partial charge in [-0.15, -0.1) is 0 Å². The van der Waals surface area contributed by atoms with Crippen molar-refractivity contribution in [1.82, 2.24) is 20.3 Å². The first kappa shape index (κ1) is 13.8. The molecule has 0 aliphatic rings. The molecule has 6 heteroatoms. The van der Waals surface area contributed by atoms with Crippen LogP contribution in [0, 0.1) is 0 Å². The zero-order valence-corrected chi connectivity index (χ0v) is 12.0. The lowest BCUT2D eigenvalue weighted by Gasteiger charge is -2.02. The number of amides is 1. The summed E-state index contributed by atoms with van der Waals surface area (Å²) in [6, 6.07) is 13.1. The van der Waals surface area contributed by atoms with E-state index in [0.717, 1.165) is 11.3 Å². The number of carbonyl (C=O) groups excluding carboxylic acids is 1. The number of H-pyrrole nitrogens is 1. The standard InChI is InChI=1S/C16H15N5O/c1-18-16(22)11-7-13(12-8-14(17)20-9-19-12)21-15(11)10-5-3-2-4-6-10/h2-9,21H,1H3,(H,18,22)(H2,17,19,20). The van der Waals surface area contributed by atoms with E-state index in [-0.39, 0.29) is 5.91 Å². The van der Waals surface area contributed by atoms with E-state index < -0.39 is 0 Å². The highest BCUT2D eigenvalue weighted by Crippen LogP contribution is 2.28. The van der Waals surface area contributed by atoms with Gasteiger partial charge < -0.3 is 16.0 Å². The van der Waals surface area contributed by atoms with Gasteiger partial charge in [0, 0.05) is 13.1 Å². The number of carbonyl (C=O) groups is 1. The maximum absolute atomic E-state index is 12.1. The van der Waals surface area contributed by atoms with E-state index in [0.29, 0.717) is 22.8 Å². The SMILES string of the molecule is CNC(=O)c1cc(-c2cc(N)ncn2)[nH]c1-c1ccccc1. The minimum Gasteiger partial charge on any atom is -0.384 e. The first-order valence-electron chi connectivity index (χ1n) is 6.77. The van der Waals surface area contributed by atoms with Gasteiger partial charge in [0.2, 0.25) is 0 Å². The van der Waals surface area contributed by atoms with Gasteiger partial charge in [0.25, 0.3) is 5.91 Å². The largest absolute Gasteiger partial charge is 0.384 e. The molecule has 0 saturated heterocycles. The highest BCUT2D eigenvalue weighted by Gasteiger charge is 2.17. The van der Waals surface area contributed by atoms with E-state index in [4.69, 9.17) is 5.73 Å². The van der Waals surface area contributed by atoms with Crippen LogP contribution in [-0.4, -0.2) is 27.9 Å². The molecule has 0 spiro atoms. The van der Waals surface area contributed by atoms with Crippen molar-refractivity contribution in [3.63, 3.8) is 0 Å². The van der Waals surface area contributed by atoms with Gasteiger partial charge in [-0.2, -0.15) is 0 Å². The van der Waals surface area contributed by atoms with Gasteiger partial charge in [-0.05, 0) is 11.6 Å². The zero-order valence-electron chi connectivity index (χ0n) is 12.0. The second-order valence-corrected chi connectivity index (χ2v) is 4.74. The van der Waals surface area contributed by atoms with Gasteiger partial charge in [-0.25, -0.2) is 9.97 Å². The van der Waals surface area contributed by atoms with Crippen LogP contribution in [0.2, 0.25) is 0 Å². The lowest BCUT2D eigenvalue weighted by atomic mass is 10.1. The van der Waals surface area contributed by atoms with Crippen LogP contribution in [0.1, 0.15) is 10.4 Å². The fourth-order valence-electron chi connectivity index (χ4n) is 2.26. The Kier molecular flexibility index (Phi) is 3.57. The summed E-state index contributed by atoms with van der Waals surface area (Å²) < 4.78 is 0. The highest BCUT2D eigenvalue weighted by molar-refractivity contribution is 6.01.